The number of hydrogen-bond donors (Lipinski definition) is 0. The van der Waals surface area contributed by atoms with Crippen molar-refractivity contribution >= 4 is 37.4 Å². The number of carbonyl (C=O) groups excluding carboxylic acids is 1. The zero-order valence-electron chi connectivity index (χ0n) is 20.3. The van der Waals surface area contributed by atoms with E-state index < -0.39 is 51.8 Å². The SMILES string of the molecule is CC(C)(C)[Si](C)(C)OCC(N1C(=O)CO[C@H](c2cccc(Cl)c2)[C@H]1c1ccc(Cl)cc1)C(F)(F)F. The molecule has 0 N–H and O–H groups in total. The van der Waals surface area contributed by atoms with E-state index in [1.165, 1.54) is 0 Å². The van der Waals surface area contributed by atoms with Gasteiger partial charge in [-0.05, 0) is 53.5 Å². The Bertz CT molecular complexity index is 1040. The summed E-state index contributed by atoms with van der Waals surface area (Å²) in [5.74, 6) is -0.760. The maximum absolute atomic E-state index is 14.6. The van der Waals surface area contributed by atoms with Crippen LogP contribution >= 0.6 is 23.2 Å². The molecule has 35 heavy (non-hydrogen) atoms. The Morgan fingerprint density at radius 3 is 2.23 bits per heavy atom. The molecule has 1 unspecified atom stereocenters. The molecule has 1 aliphatic rings. The first kappa shape index (κ1) is 28.0. The highest BCUT2D eigenvalue weighted by Crippen LogP contribution is 2.45. The Morgan fingerprint density at radius 2 is 1.69 bits per heavy atom. The van der Waals surface area contributed by atoms with Crippen molar-refractivity contribution in [2.75, 3.05) is 13.2 Å². The van der Waals surface area contributed by atoms with E-state index in [1.807, 2.05) is 33.9 Å². The van der Waals surface area contributed by atoms with Gasteiger partial charge in [0.05, 0.1) is 12.6 Å². The summed E-state index contributed by atoms with van der Waals surface area (Å²) in [6.07, 6.45) is -5.59. The van der Waals surface area contributed by atoms with Crippen LogP contribution in [0.1, 0.15) is 44.0 Å². The molecule has 3 atom stereocenters. The summed E-state index contributed by atoms with van der Waals surface area (Å²) in [6, 6.07) is 9.89. The number of halogens is 5. The zero-order valence-corrected chi connectivity index (χ0v) is 22.8. The minimum Gasteiger partial charge on any atom is -0.414 e. The third kappa shape index (κ3) is 6.41. The molecule has 0 saturated carbocycles. The average Bonchev–Trinajstić information content (AvgIpc) is 2.73. The number of benzene rings is 2. The first-order chi connectivity index (χ1) is 16.1. The number of morpholine rings is 1. The highest BCUT2D eigenvalue weighted by atomic mass is 35.5. The van der Waals surface area contributed by atoms with Gasteiger partial charge < -0.3 is 14.1 Å². The second kappa shape index (κ2) is 10.4. The van der Waals surface area contributed by atoms with E-state index in [2.05, 4.69) is 0 Å². The number of amides is 1. The van der Waals surface area contributed by atoms with Crippen LogP contribution in [0.2, 0.25) is 28.2 Å². The largest absolute Gasteiger partial charge is 0.414 e. The minimum atomic E-state index is -4.72. The number of alkyl halides is 3. The highest BCUT2D eigenvalue weighted by Gasteiger charge is 2.53. The lowest BCUT2D eigenvalue weighted by Gasteiger charge is -2.47. The van der Waals surface area contributed by atoms with Gasteiger partial charge >= 0.3 is 6.18 Å². The van der Waals surface area contributed by atoms with Gasteiger partial charge in [0, 0.05) is 10.0 Å². The van der Waals surface area contributed by atoms with Crippen LogP contribution in [0.15, 0.2) is 48.5 Å². The fourth-order valence-corrected chi connectivity index (χ4v) is 5.12. The zero-order chi connectivity index (χ0) is 26.2. The van der Waals surface area contributed by atoms with Crippen molar-refractivity contribution in [2.24, 2.45) is 0 Å². The van der Waals surface area contributed by atoms with Crippen molar-refractivity contribution in [3.63, 3.8) is 0 Å². The number of ether oxygens (including phenoxy) is 1. The van der Waals surface area contributed by atoms with Gasteiger partial charge in [-0.15, -0.1) is 0 Å². The van der Waals surface area contributed by atoms with Crippen molar-refractivity contribution in [1.82, 2.24) is 4.90 Å². The third-order valence-corrected chi connectivity index (χ3v) is 11.8. The quantitative estimate of drug-likeness (QED) is 0.349. The first-order valence-electron chi connectivity index (χ1n) is 11.3. The molecule has 1 amide bonds. The maximum atomic E-state index is 14.6. The Kier molecular flexibility index (Phi) is 8.33. The fourth-order valence-electron chi connectivity index (χ4n) is 3.79. The molecule has 2 aromatic carbocycles. The topological polar surface area (TPSA) is 38.8 Å². The lowest BCUT2D eigenvalue weighted by Crippen LogP contribution is -2.58. The van der Waals surface area contributed by atoms with Crippen LogP contribution in [0.5, 0.6) is 0 Å². The van der Waals surface area contributed by atoms with E-state index in [1.54, 1.807) is 48.5 Å². The molecule has 0 radical (unpaired) electrons. The second-order valence-corrected chi connectivity index (χ2v) is 15.9. The van der Waals surface area contributed by atoms with Crippen molar-refractivity contribution < 1.29 is 27.1 Å². The van der Waals surface area contributed by atoms with Crippen LogP contribution < -0.4 is 0 Å². The molecular formula is C25H30Cl2F3NO3Si. The summed E-state index contributed by atoms with van der Waals surface area (Å²) in [6.45, 7) is 8.47. The smallest absolute Gasteiger partial charge is 0.411 e. The van der Waals surface area contributed by atoms with Gasteiger partial charge in [0.25, 0.3) is 0 Å². The number of hydrogen-bond acceptors (Lipinski definition) is 3. The Hall–Kier alpha value is -1.58. The summed E-state index contributed by atoms with van der Waals surface area (Å²) < 4.78 is 55.5. The predicted molar refractivity (Wildman–Crippen MR) is 134 cm³/mol. The van der Waals surface area contributed by atoms with Gasteiger partial charge in [-0.2, -0.15) is 13.2 Å². The molecule has 1 heterocycles. The molecule has 0 aromatic heterocycles. The van der Waals surface area contributed by atoms with Crippen LogP contribution in [-0.4, -0.2) is 44.6 Å². The van der Waals surface area contributed by atoms with Crippen molar-refractivity contribution in [3.05, 3.63) is 69.7 Å². The molecule has 3 rings (SSSR count). The van der Waals surface area contributed by atoms with Gasteiger partial charge in [0.1, 0.15) is 12.7 Å². The van der Waals surface area contributed by atoms with E-state index in [0.29, 0.717) is 21.2 Å². The van der Waals surface area contributed by atoms with Crippen LogP contribution in [0.4, 0.5) is 13.2 Å². The molecule has 0 aliphatic carbocycles. The van der Waals surface area contributed by atoms with Gasteiger partial charge in [-0.3, -0.25) is 4.79 Å². The van der Waals surface area contributed by atoms with Gasteiger partial charge in [-0.1, -0.05) is 68.2 Å². The normalized spacial score (nSPS) is 20.7. The summed E-state index contributed by atoms with van der Waals surface area (Å²) in [5, 5.41) is 0.547. The number of nitrogens with zero attached hydrogens (tertiary/aromatic N) is 1. The number of rotatable bonds is 6. The van der Waals surface area contributed by atoms with E-state index in [9.17, 15) is 18.0 Å². The fraction of sp³-hybridized carbons (Fsp3) is 0.480. The van der Waals surface area contributed by atoms with E-state index in [4.69, 9.17) is 32.4 Å². The molecular weight excluding hydrogens is 518 g/mol. The van der Waals surface area contributed by atoms with Gasteiger partial charge in [-0.25, -0.2) is 0 Å². The number of carbonyl (C=O) groups is 1. The first-order valence-corrected chi connectivity index (χ1v) is 14.9. The minimum absolute atomic E-state index is 0.295. The summed E-state index contributed by atoms with van der Waals surface area (Å²) in [5.41, 5.74) is 1.04. The molecule has 0 bridgehead atoms. The Morgan fingerprint density at radius 1 is 1.06 bits per heavy atom. The van der Waals surface area contributed by atoms with E-state index in [-0.39, 0.29) is 5.04 Å². The highest BCUT2D eigenvalue weighted by molar-refractivity contribution is 6.74. The molecule has 192 valence electrons. The van der Waals surface area contributed by atoms with Gasteiger partial charge in [0.15, 0.2) is 14.4 Å². The second-order valence-electron chi connectivity index (χ2n) is 10.2. The lowest BCUT2D eigenvalue weighted by atomic mass is 9.91. The molecule has 1 fully saturated rings. The van der Waals surface area contributed by atoms with Gasteiger partial charge in [0.2, 0.25) is 5.91 Å². The molecule has 1 aliphatic heterocycles. The summed E-state index contributed by atoms with van der Waals surface area (Å²) >= 11 is 12.2. The summed E-state index contributed by atoms with van der Waals surface area (Å²) in [4.78, 5) is 14.0. The third-order valence-electron chi connectivity index (χ3n) is 6.77. The monoisotopic (exact) mass is 547 g/mol. The van der Waals surface area contributed by atoms with E-state index >= 15 is 0 Å². The molecule has 1 saturated heterocycles. The predicted octanol–water partition coefficient (Wildman–Crippen LogP) is 7.59. The van der Waals surface area contributed by atoms with Crippen LogP contribution in [0.25, 0.3) is 0 Å². The molecule has 0 spiro atoms. The summed E-state index contributed by atoms with van der Waals surface area (Å²) in [7, 11) is -2.53. The van der Waals surface area contributed by atoms with E-state index in [0.717, 1.165) is 4.90 Å². The lowest BCUT2D eigenvalue weighted by molar-refractivity contribution is -0.219. The maximum Gasteiger partial charge on any atom is 0.411 e. The molecule has 4 nitrogen and oxygen atoms in total. The molecule has 10 heteroatoms. The van der Waals surface area contributed by atoms with Crippen LogP contribution in [-0.2, 0) is 14.0 Å². The average molecular weight is 549 g/mol. The standard InChI is InChI=1S/C25H30Cl2F3NO3Si/c1-24(2,3)35(4,5)34-14-20(25(28,29)30)31-21(32)15-33-23(17-7-6-8-19(27)13-17)22(31)16-9-11-18(26)12-10-16/h6-13,20,22-23H,14-15H2,1-5H3/t20?,22-,23-/m1/s1. The molecule has 2 aromatic rings. The van der Waals surface area contributed by atoms with Crippen molar-refractivity contribution in [3.8, 4) is 0 Å². The van der Waals surface area contributed by atoms with Crippen molar-refractivity contribution in [1.29, 1.82) is 0 Å². The van der Waals surface area contributed by atoms with Crippen LogP contribution in [0.3, 0.4) is 0 Å². The van der Waals surface area contributed by atoms with Crippen molar-refractivity contribution in [2.45, 2.75) is 63.3 Å². The van der Waals surface area contributed by atoms with Crippen LogP contribution in [0, 0.1) is 0 Å². The Labute approximate surface area is 215 Å². The Balaban J connectivity index is 2.10.